The van der Waals surface area contributed by atoms with Crippen LogP contribution in [0.25, 0.3) is 11.0 Å². The van der Waals surface area contributed by atoms with Crippen molar-refractivity contribution in [2.75, 3.05) is 24.5 Å². The lowest BCUT2D eigenvalue weighted by atomic mass is 10.0. The molecule has 0 amide bonds. The molecular formula is C16H19F3N4. The number of fused-ring (bicyclic) bond motifs is 1. The van der Waals surface area contributed by atoms with Crippen LogP contribution in [-0.4, -0.2) is 35.6 Å². The van der Waals surface area contributed by atoms with Crippen molar-refractivity contribution in [3.8, 4) is 0 Å². The molecule has 7 heteroatoms. The number of hydrogen-bond donors (Lipinski definition) is 1. The first kappa shape index (κ1) is 16.0. The van der Waals surface area contributed by atoms with E-state index in [1.807, 2.05) is 0 Å². The molecule has 4 nitrogen and oxygen atoms in total. The summed E-state index contributed by atoms with van der Waals surface area (Å²) in [6, 6.07) is 3.85. The van der Waals surface area contributed by atoms with Gasteiger partial charge in [0.1, 0.15) is 5.82 Å². The monoisotopic (exact) mass is 324 g/mol. The highest BCUT2D eigenvalue weighted by Gasteiger charge is 2.30. The summed E-state index contributed by atoms with van der Waals surface area (Å²) in [5.74, 6) is 1.21. The van der Waals surface area contributed by atoms with E-state index in [1.165, 1.54) is 6.07 Å². The number of nitrogens with one attached hydrogen (secondary N) is 1. The largest absolute Gasteiger partial charge is 0.416 e. The zero-order valence-corrected chi connectivity index (χ0v) is 13.1. The van der Waals surface area contributed by atoms with Crippen LogP contribution < -0.4 is 10.2 Å². The Hall–Kier alpha value is -1.89. The van der Waals surface area contributed by atoms with Crippen LogP contribution in [0.3, 0.4) is 0 Å². The number of aromatic nitrogens is 2. The Kier molecular flexibility index (Phi) is 4.14. The van der Waals surface area contributed by atoms with Crippen LogP contribution in [0.1, 0.15) is 19.4 Å². The molecule has 1 aliphatic rings. The van der Waals surface area contributed by atoms with E-state index in [2.05, 4.69) is 34.0 Å². The lowest BCUT2D eigenvalue weighted by Crippen LogP contribution is -2.53. The fourth-order valence-corrected chi connectivity index (χ4v) is 2.76. The molecule has 1 N–H and O–H groups in total. The van der Waals surface area contributed by atoms with Crippen molar-refractivity contribution in [2.24, 2.45) is 5.92 Å². The minimum atomic E-state index is -4.36. The third-order valence-corrected chi connectivity index (χ3v) is 4.19. The molecule has 0 spiro atoms. The Morgan fingerprint density at radius 1 is 1.26 bits per heavy atom. The van der Waals surface area contributed by atoms with Gasteiger partial charge in [-0.05, 0) is 24.1 Å². The van der Waals surface area contributed by atoms with Gasteiger partial charge in [0.25, 0.3) is 0 Å². The molecule has 2 heterocycles. The fraction of sp³-hybridized carbons (Fsp3) is 0.500. The highest BCUT2D eigenvalue weighted by molar-refractivity contribution is 5.76. The lowest BCUT2D eigenvalue weighted by molar-refractivity contribution is -0.137. The number of nitrogens with zero attached hydrogens (tertiary/aromatic N) is 3. The highest BCUT2D eigenvalue weighted by Crippen LogP contribution is 2.31. The van der Waals surface area contributed by atoms with Gasteiger partial charge < -0.3 is 10.2 Å². The molecule has 0 bridgehead atoms. The summed E-state index contributed by atoms with van der Waals surface area (Å²) in [5.41, 5.74) is 0.0448. The van der Waals surface area contributed by atoms with E-state index in [1.54, 1.807) is 6.20 Å². The molecule has 124 valence electrons. The zero-order chi connectivity index (χ0) is 16.6. The smallest absolute Gasteiger partial charge is 0.352 e. The molecule has 2 aromatic rings. The van der Waals surface area contributed by atoms with Crippen LogP contribution in [0.15, 0.2) is 24.4 Å². The first-order chi connectivity index (χ1) is 10.8. The zero-order valence-electron chi connectivity index (χ0n) is 13.1. The van der Waals surface area contributed by atoms with Crippen LogP contribution >= 0.6 is 0 Å². The van der Waals surface area contributed by atoms with Crippen LogP contribution in [0.4, 0.5) is 19.0 Å². The van der Waals surface area contributed by atoms with Gasteiger partial charge in [-0.25, -0.2) is 4.98 Å². The van der Waals surface area contributed by atoms with Crippen molar-refractivity contribution in [1.82, 2.24) is 15.3 Å². The minimum absolute atomic E-state index is 0.263. The van der Waals surface area contributed by atoms with Gasteiger partial charge in [0.05, 0.1) is 22.8 Å². The first-order valence-electron chi connectivity index (χ1n) is 7.67. The molecule has 0 unspecified atom stereocenters. The number of benzene rings is 1. The predicted molar refractivity (Wildman–Crippen MR) is 83.4 cm³/mol. The maximum Gasteiger partial charge on any atom is 0.416 e. The topological polar surface area (TPSA) is 41.1 Å². The summed E-state index contributed by atoms with van der Waals surface area (Å²) in [4.78, 5) is 10.8. The van der Waals surface area contributed by atoms with Crippen molar-refractivity contribution >= 4 is 16.9 Å². The summed E-state index contributed by atoms with van der Waals surface area (Å²) in [6.07, 6.45) is -2.80. The quantitative estimate of drug-likeness (QED) is 0.922. The molecule has 1 fully saturated rings. The number of hydrogen-bond acceptors (Lipinski definition) is 4. The van der Waals surface area contributed by atoms with Crippen molar-refractivity contribution < 1.29 is 13.2 Å². The van der Waals surface area contributed by atoms with Crippen LogP contribution in [-0.2, 0) is 6.18 Å². The van der Waals surface area contributed by atoms with Gasteiger partial charge in [-0.15, -0.1) is 0 Å². The summed E-state index contributed by atoms with van der Waals surface area (Å²) in [6.45, 7) is 6.80. The van der Waals surface area contributed by atoms with E-state index in [0.29, 0.717) is 23.3 Å². The SMILES string of the molecule is CC(C)[C@H]1CN(c2cnc3cc(C(F)(F)F)ccc3n2)CCN1. The molecule has 1 saturated heterocycles. The molecule has 0 saturated carbocycles. The second-order valence-corrected chi connectivity index (χ2v) is 6.18. The third-order valence-electron chi connectivity index (χ3n) is 4.19. The Labute approximate surface area is 132 Å². The molecule has 1 atom stereocenters. The molecular weight excluding hydrogens is 305 g/mol. The average molecular weight is 324 g/mol. The number of rotatable bonds is 2. The Morgan fingerprint density at radius 2 is 2.04 bits per heavy atom. The molecule has 0 radical (unpaired) electrons. The Morgan fingerprint density at radius 3 is 2.74 bits per heavy atom. The summed E-state index contributed by atoms with van der Waals surface area (Å²) >= 11 is 0. The van der Waals surface area contributed by atoms with Crippen LogP contribution in [0.2, 0.25) is 0 Å². The Balaban J connectivity index is 1.88. The fourth-order valence-electron chi connectivity index (χ4n) is 2.76. The average Bonchev–Trinajstić information content (AvgIpc) is 2.53. The van der Waals surface area contributed by atoms with E-state index in [-0.39, 0.29) is 5.52 Å². The van der Waals surface area contributed by atoms with Crippen molar-refractivity contribution in [3.05, 3.63) is 30.0 Å². The summed E-state index contributed by atoms with van der Waals surface area (Å²) < 4.78 is 38.2. The first-order valence-corrected chi connectivity index (χ1v) is 7.67. The molecule has 1 aromatic heterocycles. The van der Waals surface area contributed by atoms with E-state index in [9.17, 15) is 13.2 Å². The molecule has 0 aliphatic carbocycles. The maximum absolute atomic E-state index is 12.7. The maximum atomic E-state index is 12.7. The van der Waals surface area contributed by atoms with Gasteiger partial charge >= 0.3 is 6.18 Å². The second-order valence-electron chi connectivity index (χ2n) is 6.18. The number of anilines is 1. The standard InChI is InChI=1S/C16H19F3N4/c1-10(2)14-9-23(6-5-20-14)15-8-21-13-7-11(16(17,18)19)3-4-12(13)22-15/h3-4,7-8,10,14,20H,5-6,9H2,1-2H3/t14-/m1/s1. The summed E-state index contributed by atoms with van der Waals surface area (Å²) in [7, 11) is 0. The van der Waals surface area contributed by atoms with Crippen LogP contribution in [0.5, 0.6) is 0 Å². The normalized spacial score (nSPS) is 19.6. The van der Waals surface area contributed by atoms with Gasteiger partial charge in [-0.1, -0.05) is 13.8 Å². The van der Waals surface area contributed by atoms with Gasteiger partial charge in [-0.2, -0.15) is 13.2 Å². The van der Waals surface area contributed by atoms with Gasteiger partial charge in [-0.3, -0.25) is 4.98 Å². The van der Waals surface area contributed by atoms with E-state index in [4.69, 9.17) is 0 Å². The number of piperazine rings is 1. The molecule has 1 aliphatic heterocycles. The predicted octanol–water partition coefficient (Wildman–Crippen LogP) is 3.08. The van der Waals surface area contributed by atoms with E-state index in [0.717, 1.165) is 31.8 Å². The van der Waals surface area contributed by atoms with E-state index < -0.39 is 11.7 Å². The van der Waals surface area contributed by atoms with Gasteiger partial charge in [0.15, 0.2) is 0 Å². The van der Waals surface area contributed by atoms with Crippen molar-refractivity contribution in [2.45, 2.75) is 26.1 Å². The Bertz CT molecular complexity index is 699. The molecule has 1 aromatic carbocycles. The number of halogens is 3. The second kappa shape index (κ2) is 5.96. The minimum Gasteiger partial charge on any atom is -0.352 e. The van der Waals surface area contributed by atoms with Gasteiger partial charge in [0.2, 0.25) is 0 Å². The highest BCUT2D eigenvalue weighted by atomic mass is 19.4. The summed E-state index contributed by atoms with van der Waals surface area (Å²) in [5, 5.41) is 3.46. The lowest BCUT2D eigenvalue weighted by Gasteiger charge is -2.36. The third kappa shape index (κ3) is 3.39. The van der Waals surface area contributed by atoms with Crippen molar-refractivity contribution in [3.63, 3.8) is 0 Å². The number of alkyl halides is 3. The van der Waals surface area contributed by atoms with E-state index >= 15 is 0 Å². The van der Waals surface area contributed by atoms with Gasteiger partial charge in [0, 0.05) is 25.7 Å². The van der Waals surface area contributed by atoms with Crippen LogP contribution in [0, 0.1) is 5.92 Å². The molecule has 3 rings (SSSR count). The van der Waals surface area contributed by atoms with Crippen molar-refractivity contribution in [1.29, 1.82) is 0 Å². The molecule has 23 heavy (non-hydrogen) atoms.